The summed E-state index contributed by atoms with van der Waals surface area (Å²) in [6.45, 7) is 5.39. The van der Waals surface area contributed by atoms with E-state index >= 15 is 0 Å². The van der Waals surface area contributed by atoms with E-state index in [-0.39, 0.29) is 18.4 Å². The fraction of sp³-hybridized carbons (Fsp3) is 0.400. The standard InChI is InChI=1S/C15H21NO2.ClH/c1-13(2)16(3)11-12-18-15(17)10-9-14-7-5-4-6-8-14;/h4-10,13H,11-12H2,1-3H3;1H. The molecule has 0 bridgehead atoms. The van der Waals surface area contributed by atoms with Crippen molar-refractivity contribution in [1.82, 2.24) is 4.90 Å². The first-order valence-corrected chi connectivity index (χ1v) is 6.19. The summed E-state index contributed by atoms with van der Waals surface area (Å²) in [5, 5.41) is 0. The summed E-state index contributed by atoms with van der Waals surface area (Å²) in [4.78, 5) is 13.6. The first kappa shape index (κ1) is 17.7. The Balaban J connectivity index is 0.00000324. The molecule has 1 aromatic carbocycles. The van der Waals surface area contributed by atoms with Crippen molar-refractivity contribution in [3.8, 4) is 0 Å². The number of nitrogens with zero attached hydrogens (tertiary/aromatic N) is 1. The van der Waals surface area contributed by atoms with Gasteiger partial charge in [-0.3, -0.25) is 0 Å². The third-order valence-electron chi connectivity index (χ3n) is 2.78. The van der Waals surface area contributed by atoms with Crippen LogP contribution in [0.5, 0.6) is 0 Å². The van der Waals surface area contributed by atoms with E-state index in [0.717, 1.165) is 12.1 Å². The number of carbonyl (C=O) groups excluding carboxylic acids is 1. The number of esters is 1. The van der Waals surface area contributed by atoms with Gasteiger partial charge >= 0.3 is 5.97 Å². The monoisotopic (exact) mass is 283 g/mol. The van der Waals surface area contributed by atoms with E-state index in [4.69, 9.17) is 4.74 Å². The predicted molar refractivity (Wildman–Crippen MR) is 81.4 cm³/mol. The fourth-order valence-corrected chi connectivity index (χ4v) is 1.32. The number of rotatable bonds is 6. The van der Waals surface area contributed by atoms with E-state index in [1.54, 1.807) is 6.08 Å². The Labute approximate surface area is 121 Å². The molecule has 1 rings (SSSR count). The quantitative estimate of drug-likeness (QED) is 0.594. The maximum Gasteiger partial charge on any atom is 0.330 e. The lowest BCUT2D eigenvalue weighted by Gasteiger charge is -2.20. The van der Waals surface area contributed by atoms with Gasteiger partial charge in [0.15, 0.2) is 0 Å². The van der Waals surface area contributed by atoms with Crippen LogP contribution in [0.15, 0.2) is 36.4 Å². The molecule has 0 radical (unpaired) electrons. The maximum atomic E-state index is 11.4. The number of hydrogen-bond acceptors (Lipinski definition) is 3. The Morgan fingerprint density at radius 3 is 2.53 bits per heavy atom. The third kappa shape index (κ3) is 7.65. The molecule has 1 aromatic rings. The first-order valence-electron chi connectivity index (χ1n) is 6.19. The van der Waals surface area contributed by atoms with Gasteiger partial charge in [0.2, 0.25) is 0 Å². The molecule has 0 saturated heterocycles. The molecular formula is C15H22ClNO2. The Morgan fingerprint density at radius 2 is 1.95 bits per heavy atom. The molecule has 0 atom stereocenters. The van der Waals surface area contributed by atoms with Gasteiger partial charge in [0.1, 0.15) is 6.61 Å². The zero-order valence-electron chi connectivity index (χ0n) is 11.7. The predicted octanol–water partition coefficient (Wildman–Crippen LogP) is 3.01. The molecule has 0 aliphatic heterocycles. The number of benzene rings is 1. The van der Waals surface area contributed by atoms with Gasteiger partial charge in [0.05, 0.1) is 0 Å². The van der Waals surface area contributed by atoms with Crippen molar-refractivity contribution >= 4 is 24.5 Å². The molecule has 0 aliphatic carbocycles. The molecule has 0 saturated carbocycles. The van der Waals surface area contributed by atoms with Gasteiger partial charge in [-0.2, -0.15) is 0 Å². The number of likely N-dealkylation sites (N-methyl/N-ethyl adjacent to an activating group) is 1. The molecule has 106 valence electrons. The summed E-state index contributed by atoms with van der Waals surface area (Å²) < 4.78 is 5.12. The van der Waals surface area contributed by atoms with E-state index in [0.29, 0.717) is 12.6 Å². The van der Waals surface area contributed by atoms with Crippen LogP contribution in [0.3, 0.4) is 0 Å². The lowest BCUT2D eigenvalue weighted by Crippen LogP contribution is -2.30. The molecule has 0 fully saturated rings. The Morgan fingerprint density at radius 1 is 1.32 bits per heavy atom. The second-order valence-electron chi connectivity index (χ2n) is 4.49. The first-order chi connectivity index (χ1) is 8.59. The minimum absolute atomic E-state index is 0. The molecule has 0 aliphatic rings. The van der Waals surface area contributed by atoms with Crippen molar-refractivity contribution in [3.63, 3.8) is 0 Å². The van der Waals surface area contributed by atoms with Crippen molar-refractivity contribution in [2.75, 3.05) is 20.2 Å². The van der Waals surface area contributed by atoms with Gasteiger partial charge in [-0.15, -0.1) is 12.4 Å². The van der Waals surface area contributed by atoms with Crippen LogP contribution in [-0.2, 0) is 9.53 Å². The lowest BCUT2D eigenvalue weighted by atomic mass is 10.2. The summed E-state index contributed by atoms with van der Waals surface area (Å²) in [7, 11) is 2.01. The van der Waals surface area contributed by atoms with E-state index in [9.17, 15) is 4.79 Å². The maximum absolute atomic E-state index is 11.4. The number of ether oxygens (including phenoxy) is 1. The molecule has 19 heavy (non-hydrogen) atoms. The van der Waals surface area contributed by atoms with Gasteiger partial charge in [-0.05, 0) is 32.5 Å². The minimum Gasteiger partial charge on any atom is -0.461 e. The average molecular weight is 284 g/mol. The van der Waals surface area contributed by atoms with Gasteiger partial charge < -0.3 is 9.64 Å². The highest BCUT2D eigenvalue weighted by molar-refractivity contribution is 5.87. The highest BCUT2D eigenvalue weighted by Crippen LogP contribution is 2.01. The summed E-state index contributed by atoms with van der Waals surface area (Å²) in [6, 6.07) is 10.2. The Hall–Kier alpha value is -1.32. The molecule has 0 unspecified atom stereocenters. The number of hydrogen-bond donors (Lipinski definition) is 0. The normalized spacial score (nSPS) is 10.8. The van der Waals surface area contributed by atoms with E-state index in [1.807, 2.05) is 37.4 Å². The van der Waals surface area contributed by atoms with Crippen molar-refractivity contribution in [2.24, 2.45) is 0 Å². The highest BCUT2D eigenvalue weighted by Gasteiger charge is 2.03. The molecule has 0 spiro atoms. The van der Waals surface area contributed by atoms with Crippen LogP contribution in [0, 0.1) is 0 Å². The Bertz CT molecular complexity index is 390. The van der Waals surface area contributed by atoms with Crippen LogP contribution in [0.1, 0.15) is 19.4 Å². The molecular weight excluding hydrogens is 262 g/mol. The second-order valence-corrected chi connectivity index (χ2v) is 4.49. The van der Waals surface area contributed by atoms with Crippen molar-refractivity contribution in [1.29, 1.82) is 0 Å². The topological polar surface area (TPSA) is 29.5 Å². The van der Waals surface area contributed by atoms with Gasteiger partial charge in [-0.25, -0.2) is 4.79 Å². The van der Waals surface area contributed by atoms with E-state index < -0.39 is 0 Å². The molecule has 0 heterocycles. The third-order valence-corrected chi connectivity index (χ3v) is 2.78. The van der Waals surface area contributed by atoms with Gasteiger partial charge in [0, 0.05) is 18.7 Å². The van der Waals surface area contributed by atoms with Crippen molar-refractivity contribution in [2.45, 2.75) is 19.9 Å². The molecule has 0 aromatic heterocycles. The van der Waals surface area contributed by atoms with Crippen LogP contribution in [0.2, 0.25) is 0 Å². The summed E-state index contributed by atoms with van der Waals surface area (Å²) in [5.41, 5.74) is 0.994. The fourth-order valence-electron chi connectivity index (χ4n) is 1.32. The molecule has 3 nitrogen and oxygen atoms in total. The zero-order valence-corrected chi connectivity index (χ0v) is 12.5. The summed E-state index contributed by atoms with van der Waals surface area (Å²) in [5.74, 6) is -0.295. The SMILES string of the molecule is CC(C)N(C)CCOC(=O)C=Cc1ccccc1.Cl. The smallest absolute Gasteiger partial charge is 0.330 e. The Kier molecular flexibility index (Phi) is 8.92. The summed E-state index contributed by atoms with van der Waals surface area (Å²) >= 11 is 0. The molecule has 0 amide bonds. The minimum atomic E-state index is -0.295. The van der Waals surface area contributed by atoms with Crippen LogP contribution >= 0.6 is 12.4 Å². The molecule has 4 heteroatoms. The van der Waals surface area contributed by atoms with Crippen LogP contribution in [0.4, 0.5) is 0 Å². The summed E-state index contributed by atoms with van der Waals surface area (Å²) in [6.07, 6.45) is 3.22. The van der Waals surface area contributed by atoms with Crippen molar-refractivity contribution in [3.05, 3.63) is 42.0 Å². The highest BCUT2D eigenvalue weighted by atomic mass is 35.5. The van der Waals surface area contributed by atoms with E-state index in [1.165, 1.54) is 6.08 Å². The average Bonchev–Trinajstić information content (AvgIpc) is 2.37. The van der Waals surface area contributed by atoms with E-state index in [2.05, 4.69) is 18.7 Å². The van der Waals surface area contributed by atoms with Crippen molar-refractivity contribution < 1.29 is 9.53 Å². The second kappa shape index (κ2) is 9.59. The lowest BCUT2D eigenvalue weighted by molar-refractivity contribution is -0.138. The van der Waals surface area contributed by atoms with Crippen LogP contribution in [-0.4, -0.2) is 37.1 Å². The zero-order chi connectivity index (χ0) is 13.4. The van der Waals surface area contributed by atoms with Gasteiger partial charge in [0.25, 0.3) is 0 Å². The molecule has 0 N–H and O–H groups in total. The van der Waals surface area contributed by atoms with Crippen LogP contribution < -0.4 is 0 Å². The number of carbonyl (C=O) groups is 1. The van der Waals surface area contributed by atoms with Crippen LogP contribution in [0.25, 0.3) is 6.08 Å². The number of halogens is 1. The largest absolute Gasteiger partial charge is 0.461 e. The van der Waals surface area contributed by atoms with Gasteiger partial charge in [-0.1, -0.05) is 30.3 Å².